The number of oxazole rings is 1. The number of aliphatic hydroxyl groups is 1. The van der Waals surface area contributed by atoms with Crippen molar-refractivity contribution in [3.63, 3.8) is 0 Å². The van der Waals surface area contributed by atoms with E-state index in [9.17, 15) is 33.0 Å². The summed E-state index contributed by atoms with van der Waals surface area (Å²) in [6.07, 6.45) is -5.11. The molecule has 0 aliphatic rings. The summed E-state index contributed by atoms with van der Waals surface area (Å²) in [4.78, 5) is 22.8. The van der Waals surface area contributed by atoms with E-state index in [2.05, 4.69) is 0 Å². The number of aromatic nitrogens is 1. The van der Waals surface area contributed by atoms with Crippen LogP contribution in [0.5, 0.6) is 0 Å². The van der Waals surface area contributed by atoms with Crippen molar-refractivity contribution in [1.82, 2.24) is 4.57 Å². The van der Waals surface area contributed by atoms with Crippen molar-refractivity contribution in [2.75, 3.05) is 0 Å². The Hall–Kier alpha value is -3.27. The van der Waals surface area contributed by atoms with E-state index in [-0.39, 0.29) is 32.3 Å². The molecule has 0 radical (unpaired) electrons. The number of carbonyl (C=O) groups is 1. The first-order valence-electron chi connectivity index (χ1n) is 10.5. The van der Waals surface area contributed by atoms with Gasteiger partial charge in [0.2, 0.25) is 0 Å². The molecule has 0 amide bonds. The first-order valence-corrected chi connectivity index (χ1v) is 11.2. The highest BCUT2D eigenvalue weighted by Crippen LogP contribution is 2.50. The lowest BCUT2D eigenvalue weighted by Gasteiger charge is -2.37. The van der Waals surface area contributed by atoms with Gasteiger partial charge < -0.3 is 19.4 Å². The summed E-state index contributed by atoms with van der Waals surface area (Å²) >= 11 is 12.4. The molecule has 11 heteroatoms. The zero-order valence-corrected chi connectivity index (χ0v) is 20.2. The summed E-state index contributed by atoms with van der Waals surface area (Å²) in [7, 11) is 1.34. The van der Waals surface area contributed by atoms with Crippen LogP contribution in [0.15, 0.2) is 63.8 Å². The molecule has 0 aliphatic carbocycles. The summed E-state index contributed by atoms with van der Waals surface area (Å²) in [5.74, 6) is -3.77. The number of benzene rings is 3. The molecule has 3 aromatic carbocycles. The number of aromatic carboxylic acids is 1. The van der Waals surface area contributed by atoms with E-state index >= 15 is 0 Å². The van der Waals surface area contributed by atoms with Crippen molar-refractivity contribution >= 4 is 40.3 Å². The average Bonchev–Trinajstić information content (AvgIpc) is 3.09. The number of carboxylic acid groups (broad SMARTS) is 1. The Morgan fingerprint density at radius 3 is 2.19 bits per heavy atom. The molecule has 1 N–H and O–H groups in total. The normalized spacial score (nSPS) is 14.6. The Balaban J connectivity index is 1.79. The van der Waals surface area contributed by atoms with E-state index in [0.29, 0.717) is 11.1 Å². The van der Waals surface area contributed by atoms with Crippen LogP contribution in [0.4, 0.5) is 13.2 Å². The maximum atomic E-state index is 14.4. The Kier molecular flexibility index (Phi) is 6.45. The van der Waals surface area contributed by atoms with Gasteiger partial charge in [0.1, 0.15) is 0 Å². The summed E-state index contributed by atoms with van der Waals surface area (Å²) in [6, 6.07) is 11.6. The minimum Gasteiger partial charge on any atom is -0.545 e. The number of hydrogen-bond donors (Lipinski definition) is 1. The summed E-state index contributed by atoms with van der Waals surface area (Å²) in [5, 5.41) is 22.1. The fraction of sp³-hybridized carbons (Fsp3) is 0.200. The zero-order valence-electron chi connectivity index (χ0n) is 18.7. The molecular weight excluding hydrogens is 522 g/mol. The van der Waals surface area contributed by atoms with Gasteiger partial charge in [0.15, 0.2) is 11.2 Å². The van der Waals surface area contributed by atoms with Crippen molar-refractivity contribution in [3.8, 4) is 11.1 Å². The summed E-state index contributed by atoms with van der Waals surface area (Å²) in [5.41, 5.74) is -2.94. The highest BCUT2D eigenvalue weighted by Gasteiger charge is 2.59. The molecule has 0 saturated heterocycles. The number of hydrogen-bond acceptors (Lipinski definition) is 5. The van der Waals surface area contributed by atoms with Crippen molar-refractivity contribution in [3.05, 3.63) is 91.9 Å². The molecule has 1 heterocycles. The lowest BCUT2D eigenvalue weighted by Crippen LogP contribution is -2.46. The molecule has 0 bridgehead atoms. The Morgan fingerprint density at radius 2 is 1.64 bits per heavy atom. The number of nitrogens with zero attached hydrogens (tertiary/aromatic N) is 1. The minimum absolute atomic E-state index is 0.0128. The zero-order chi connectivity index (χ0) is 26.6. The van der Waals surface area contributed by atoms with Gasteiger partial charge in [0.25, 0.3) is 0 Å². The lowest BCUT2D eigenvalue weighted by molar-refractivity contribution is -0.274. The predicted molar refractivity (Wildman–Crippen MR) is 126 cm³/mol. The topological polar surface area (TPSA) is 95.5 Å². The molecule has 2 atom stereocenters. The van der Waals surface area contributed by atoms with Gasteiger partial charge in [-0.15, -0.1) is 0 Å². The monoisotopic (exact) mass is 538 g/mol. The Labute approximate surface area is 212 Å². The second-order valence-electron chi connectivity index (χ2n) is 8.31. The Bertz CT molecular complexity index is 1560. The SMILES string of the molecule is CC(c1ccc(-c2ccc(C(=O)[O-])c(Cl)c2)cc1Cl)C(O)(c1ccc2oc(=O)n(C)c2c1)C(F)(F)F. The van der Waals surface area contributed by atoms with Crippen LogP contribution >= 0.6 is 23.2 Å². The molecular formula is C25H17Cl2F3NO5-. The van der Waals surface area contributed by atoms with E-state index in [1.807, 2.05) is 0 Å². The predicted octanol–water partition coefficient (Wildman–Crippen LogP) is 5.02. The lowest BCUT2D eigenvalue weighted by atomic mass is 9.77. The largest absolute Gasteiger partial charge is 0.545 e. The molecule has 0 aliphatic heterocycles. The molecule has 188 valence electrons. The molecule has 36 heavy (non-hydrogen) atoms. The number of aryl methyl sites for hydroxylation is 1. The maximum absolute atomic E-state index is 14.4. The van der Waals surface area contributed by atoms with Crippen molar-refractivity contribution in [2.24, 2.45) is 7.05 Å². The first kappa shape index (κ1) is 25.8. The van der Waals surface area contributed by atoms with Crippen LogP contribution in [0.25, 0.3) is 22.2 Å². The first-order chi connectivity index (χ1) is 16.8. The number of rotatable bonds is 5. The minimum atomic E-state index is -5.11. The van der Waals surface area contributed by atoms with Crippen molar-refractivity contribution in [2.45, 2.75) is 24.6 Å². The standard InChI is InChI=1S/C25H18Cl2F3NO5/c1-12(16-6-3-13(9-18(16)26)14-4-7-17(22(32)33)19(27)10-14)24(35,25(28,29)30)15-5-8-21-20(11-15)31(2)23(34)36-21/h3-12,35H,1-2H3,(H,32,33)/p-1. The molecule has 1 aromatic heterocycles. The van der Waals surface area contributed by atoms with Gasteiger partial charge in [-0.2, -0.15) is 13.2 Å². The smallest absolute Gasteiger partial charge is 0.422 e. The van der Waals surface area contributed by atoms with E-state index < -0.39 is 35.0 Å². The number of carboxylic acids is 1. The van der Waals surface area contributed by atoms with Crippen molar-refractivity contribution in [1.29, 1.82) is 0 Å². The number of alkyl halides is 3. The number of halogens is 5. The van der Waals surface area contributed by atoms with Crippen LogP contribution < -0.4 is 10.9 Å². The maximum Gasteiger partial charge on any atom is 0.422 e. The van der Waals surface area contributed by atoms with Crippen LogP contribution in [0, 0.1) is 0 Å². The Morgan fingerprint density at radius 1 is 1.03 bits per heavy atom. The van der Waals surface area contributed by atoms with Crippen LogP contribution in [-0.4, -0.2) is 21.8 Å². The number of carbonyl (C=O) groups excluding carboxylic acids is 1. The van der Waals surface area contributed by atoms with Gasteiger partial charge in [0, 0.05) is 23.6 Å². The van der Waals surface area contributed by atoms with Gasteiger partial charge in [-0.25, -0.2) is 4.79 Å². The van der Waals surface area contributed by atoms with Gasteiger partial charge in [-0.3, -0.25) is 4.57 Å². The second kappa shape index (κ2) is 8.99. The van der Waals surface area contributed by atoms with Gasteiger partial charge in [-0.1, -0.05) is 60.5 Å². The molecule has 6 nitrogen and oxygen atoms in total. The molecule has 0 fully saturated rings. The third kappa shape index (κ3) is 4.17. The number of fused-ring (bicyclic) bond motifs is 1. The third-order valence-corrected chi connectivity index (χ3v) is 6.92. The van der Waals surface area contributed by atoms with E-state index in [4.69, 9.17) is 27.6 Å². The molecule has 4 rings (SSSR count). The quantitative estimate of drug-likeness (QED) is 0.384. The molecule has 4 aromatic rings. The van der Waals surface area contributed by atoms with Gasteiger partial charge in [-0.05, 0) is 46.5 Å². The highest BCUT2D eigenvalue weighted by atomic mass is 35.5. The van der Waals surface area contributed by atoms with Crippen LogP contribution in [0.1, 0.15) is 34.3 Å². The fourth-order valence-corrected chi connectivity index (χ4v) is 4.77. The fourth-order valence-electron chi connectivity index (χ4n) is 4.17. The van der Waals surface area contributed by atoms with Gasteiger partial charge in [0.05, 0.1) is 16.5 Å². The third-order valence-electron chi connectivity index (χ3n) is 6.28. The van der Waals surface area contributed by atoms with Crippen LogP contribution in [-0.2, 0) is 12.6 Å². The summed E-state index contributed by atoms with van der Waals surface area (Å²) in [6.45, 7) is 1.19. The summed E-state index contributed by atoms with van der Waals surface area (Å²) < 4.78 is 49.2. The van der Waals surface area contributed by atoms with E-state index in [1.54, 1.807) is 0 Å². The molecule has 0 spiro atoms. The van der Waals surface area contributed by atoms with E-state index in [1.165, 1.54) is 56.4 Å². The molecule has 2 unspecified atom stereocenters. The van der Waals surface area contributed by atoms with E-state index in [0.717, 1.165) is 16.7 Å². The highest BCUT2D eigenvalue weighted by molar-refractivity contribution is 6.34. The second-order valence-corrected chi connectivity index (χ2v) is 9.13. The van der Waals surface area contributed by atoms with Gasteiger partial charge >= 0.3 is 11.9 Å². The average molecular weight is 539 g/mol. The van der Waals surface area contributed by atoms with Crippen molar-refractivity contribution < 1.29 is 32.6 Å². The molecule has 0 saturated carbocycles. The van der Waals surface area contributed by atoms with Crippen LogP contribution in [0.3, 0.4) is 0 Å². The van der Waals surface area contributed by atoms with Crippen LogP contribution in [0.2, 0.25) is 10.0 Å².